The number of carboxylic acids is 1. The Morgan fingerprint density at radius 1 is 1.25 bits per heavy atom. The van der Waals surface area contributed by atoms with E-state index in [1.54, 1.807) is 6.92 Å². The lowest BCUT2D eigenvalue weighted by Crippen LogP contribution is -2.41. The number of rotatable bonds is 11. The molecule has 0 heterocycles. The molecular formula is C18H27NO4S. The van der Waals surface area contributed by atoms with Crippen molar-refractivity contribution in [1.82, 2.24) is 0 Å². The second-order valence-corrected chi connectivity index (χ2v) is 6.06. The number of aryl methyl sites for hydroxylation is 1. The highest BCUT2D eigenvalue weighted by molar-refractivity contribution is 7.80. The van der Waals surface area contributed by atoms with Gasteiger partial charge in [-0.15, -0.1) is 0 Å². The van der Waals surface area contributed by atoms with Crippen LogP contribution in [0.15, 0.2) is 24.3 Å². The molecule has 1 atom stereocenters. The van der Waals surface area contributed by atoms with E-state index in [1.165, 1.54) is 0 Å². The molecule has 0 aliphatic rings. The minimum Gasteiger partial charge on any atom is -0.481 e. The summed E-state index contributed by atoms with van der Waals surface area (Å²) >= 11 is 4.23. The number of unbranched alkanes of at least 4 members (excludes halogenated alkanes) is 1. The SMILES string of the molecule is CCOC(=O)[C@H](C)N(CCCCS)c1ccc(CCC(=O)O)cc1. The van der Waals surface area contributed by atoms with Gasteiger partial charge in [0.05, 0.1) is 6.61 Å². The number of aliphatic carboxylic acids is 1. The number of ether oxygens (including phenoxy) is 1. The number of benzene rings is 1. The lowest BCUT2D eigenvalue weighted by atomic mass is 10.1. The van der Waals surface area contributed by atoms with Crippen molar-refractivity contribution >= 4 is 30.3 Å². The summed E-state index contributed by atoms with van der Waals surface area (Å²) in [6.45, 7) is 4.75. The van der Waals surface area contributed by atoms with E-state index >= 15 is 0 Å². The van der Waals surface area contributed by atoms with Gasteiger partial charge in [-0.1, -0.05) is 12.1 Å². The molecule has 0 bridgehead atoms. The summed E-state index contributed by atoms with van der Waals surface area (Å²) in [5.41, 5.74) is 1.91. The fraction of sp³-hybridized carbons (Fsp3) is 0.556. The molecule has 24 heavy (non-hydrogen) atoms. The number of anilines is 1. The molecular weight excluding hydrogens is 326 g/mol. The molecule has 0 unspecified atom stereocenters. The molecule has 1 N–H and O–H groups in total. The third-order valence-corrected chi connectivity index (χ3v) is 4.11. The molecule has 1 aromatic rings. The first-order valence-electron chi connectivity index (χ1n) is 8.34. The van der Waals surface area contributed by atoms with Gasteiger partial charge in [0.25, 0.3) is 0 Å². The highest BCUT2D eigenvalue weighted by Crippen LogP contribution is 2.20. The Morgan fingerprint density at radius 3 is 2.46 bits per heavy atom. The van der Waals surface area contributed by atoms with Gasteiger partial charge in [0.15, 0.2) is 0 Å². The largest absolute Gasteiger partial charge is 0.481 e. The zero-order valence-corrected chi connectivity index (χ0v) is 15.3. The van der Waals surface area contributed by atoms with E-state index < -0.39 is 5.97 Å². The molecule has 0 amide bonds. The first-order chi connectivity index (χ1) is 11.5. The van der Waals surface area contributed by atoms with Gasteiger partial charge in [-0.05, 0) is 56.6 Å². The Hall–Kier alpha value is -1.69. The van der Waals surface area contributed by atoms with Crippen molar-refractivity contribution in [1.29, 1.82) is 0 Å². The first kappa shape index (κ1) is 20.4. The van der Waals surface area contributed by atoms with Gasteiger partial charge >= 0.3 is 11.9 Å². The number of thiol groups is 1. The normalized spacial score (nSPS) is 11.8. The van der Waals surface area contributed by atoms with Crippen molar-refractivity contribution in [2.24, 2.45) is 0 Å². The van der Waals surface area contributed by atoms with E-state index in [0.29, 0.717) is 13.0 Å². The third-order valence-electron chi connectivity index (χ3n) is 3.80. The van der Waals surface area contributed by atoms with Crippen LogP contribution in [0.3, 0.4) is 0 Å². The van der Waals surface area contributed by atoms with Gasteiger partial charge in [0.1, 0.15) is 6.04 Å². The molecule has 0 aromatic heterocycles. The summed E-state index contributed by atoms with van der Waals surface area (Å²) in [6.07, 6.45) is 2.53. The summed E-state index contributed by atoms with van der Waals surface area (Å²) in [7, 11) is 0. The monoisotopic (exact) mass is 353 g/mol. The second-order valence-electron chi connectivity index (χ2n) is 5.61. The van der Waals surface area contributed by atoms with Crippen LogP contribution in [-0.2, 0) is 20.7 Å². The van der Waals surface area contributed by atoms with Crippen LogP contribution in [0.5, 0.6) is 0 Å². The Bertz CT molecular complexity index is 518. The van der Waals surface area contributed by atoms with Crippen LogP contribution in [0.4, 0.5) is 5.69 Å². The minimum absolute atomic E-state index is 0.115. The van der Waals surface area contributed by atoms with Crippen molar-refractivity contribution in [2.45, 2.75) is 45.6 Å². The fourth-order valence-corrected chi connectivity index (χ4v) is 2.66. The van der Waals surface area contributed by atoms with Crippen LogP contribution in [0.2, 0.25) is 0 Å². The third kappa shape index (κ3) is 6.83. The quantitative estimate of drug-likeness (QED) is 0.363. The van der Waals surface area contributed by atoms with E-state index in [-0.39, 0.29) is 18.4 Å². The topological polar surface area (TPSA) is 66.8 Å². The number of carbonyl (C=O) groups is 2. The van der Waals surface area contributed by atoms with Crippen LogP contribution in [-0.4, -0.2) is 42.0 Å². The molecule has 0 spiro atoms. The predicted molar refractivity (Wildman–Crippen MR) is 98.9 cm³/mol. The van der Waals surface area contributed by atoms with Crippen molar-refractivity contribution in [3.63, 3.8) is 0 Å². The van der Waals surface area contributed by atoms with Crippen LogP contribution in [0, 0.1) is 0 Å². The molecule has 0 saturated carbocycles. The summed E-state index contributed by atoms with van der Waals surface area (Å²) < 4.78 is 5.14. The number of hydrogen-bond donors (Lipinski definition) is 2. The average molecular weight is 353 g/mol. The maximum Gasteiger partial charge on any atom is 0.328 e. The molecule has 6 heteroatoms. The van der Waals surface area contributed by atoms with Crippen molar-refractivity contribution < 1.29 is 19.4 Å². The van der Waals surface area contributed by atoms with Crippen molar-refractivity contribution in [3.8, 4) is 0 Å². The van der Waals surface area contributed by atoms with Gasteiger partial charge in [-0.25, -0.2) is 4.79 Å². The van der Waals surface area contributed by atoms with Gasteiger partial charge in [-0.3, -0.25) is 4.79 Å². The molecule has 134 valence electrons. The average Bonchev–Trinajstić information content (AvgIpc) is 2.57. The Kier molecular flexibility index (Phi) is 9.30. The van der Waals surface area contributed by atoms with Gasteiger partial charge in [0, 0.05) is 18.7 Å². The lowest BCUT2D eigenvalue weighted by Gasteiger charge is -2.30. The predicted octanol–water partition coefficient (Wildman–Crippen LogP) is 3.17. The molecule has 1 aromatic carbocycles. The van der Waals surface area contributed by atoms with Crippen molar-refractivity contribution in [3.05, 3.63) is 29.8 Å². The van der Waals surface area contributed by atoms with E-state index in [4.69, 9.17) is 9.84 Å². The van der Waals surface area contributed by atoms with E-state index in [0.717, 1.165) is 36.4 Å². The summed E-state index contributed by atoms with van der Waals surface area (Å²) in [5.74, 6) is -0.225. The highest BCUT2D eigenvalue weighted by Gasteiger charge is 2.22. The fourth-order valence-electron chi connectivity index (χ4n) is 2.44. The second kappa shape index (κ2) is 11.0. The number of hydrogen-bond acceptors (Lipinski definition) is 5. The summed E-state index contributed by atoms with van der Waals surface area (Å²) in [6, 6.07) is 7.35. The van der Waals surface area contributed by atoms with Gasteiger partial charge in [-0.2, -0.15) is 12.6 Å². The maximum absolute atomic E-state index is 12.1. The highest BCUT2D eigenvalue weighted by atomic mass is 32.1. The minimum atomic E-state index is -0.802. The zero-order valence-electron chi connectivity index (χ0n) is 14.4. The Balaban J connectivity index is 2.84. The standard InChI is InChI=1S/C18H27NO4S/c1-3-23-18(22)14(2)19(12-4-5-13-24)16-9-6-15(7-10-16)8-11-17(20)21/h6-7,9-10,14,24H,3-5,8,11-13H2,1-2H3,(H,20,21)/t14-/m0/s1. The molecule has 0 saturated heterocycles. The smallest absolute Gasteiger partial charge is 0.328 e. The van der Waals surface area contributed by atoms with Crippen LogP contribution in [0.25, 0.3) is 0 Å². The van der Waals surface area contributed by atoms with Crippen LogP contribution >= 0.6 is 12.6 Å². The van der Waals surface area contributed by atoms with Crippen LogP contribution in [0.1, 0.15) is 38.7 Å². The van der Waals surface area contributed by atoms with Crippen LogP contribution < -0.4 is 4.90 Å². The summed E-state index contributed by atoms with van der Waals surface area (Å²) in [5, 5.41) is 8.76. The van der Waals surface area contributed by atoms with Gasteiger partial charge in [0.2, 0.25) is 0 Å². The number of esters is 1. The first-order valence-corrected chi connectivity index (χ1v) is 8.97. The van der Waals surface area contributed by atoms with Gasteiger partial charge < -0.3 is 14.7 Å². The molecule has 0 fully saturated rings. The number of carboxylic acid groups (broad SMARTS) is 1. The number of nitrogens with zero attached hydrogens (tertiary/aromatic N) is 1. The van der Waals surface area contributed by atoms with E-state index in [2.05, 4.69) is 12.6 Å². The maximum atomic E-state index is 12.1. The number of carbonyl (C=O) groups excluding carboxylic acids is 1. The Labute approximate surface area is 149 Å². The van der Waals surface area contributed by atoms with E-state index in [1.807, 2.05) is 36.1 Å². The molecule has 0 aliphatic carbocycles. The zero-order chi connectivity index (χ0) is 17.9. The lowest BCUT2D eigenvalue weighted by molar-refractivity contribution is -0.144. The molecule has 1 rings (SSSR count). The molecule has 0 aliphatic heterocycles. The summed E-state index contributed by atoms with van der Waals surface area (Å²) in [4.78, 5) is 24.8. The molecule has 0 radical (unpaired) electrons. The van der Waals surface area contributed by atoms with Crippen molar-refractivity contribution in [2.75, 3.05) is 23.8 Å². The Morgan fingerprint density at radius 2 is 1.92 bits per heavy atom. The van der Waals surface area contributed by atoms with E-state index in [9.17, 15) is 9.59 Å². The molecule has 5 nitrogen and oxygen atoms in total.